The molecule has 1 aliphatic heterocycles. The van der Waals surface area contributed by atoms with E-state index in [-0.39, 0.29) is 10.9 Å². The van der Waals surface area contributed by atoms with Crippen LogP contribution in [0.5, 0.6) is 0 Å². The highest BCUT2D eigenvalue weighted by molar-refractivity contribution is 7.89. The zero-order chi connectivity index (χ0) is 24.5. The Morgan fingerprint density at radius 3 is 2.18 bits per heavy atom. The number of urea groups is 1. The number of hydrogen-bond donors (Lipinski definition) is 1. The molecule has 0 spiro atoms. The Balaban J connectivity index is 1.69. The molecule has 1 N–H and O–H groups in total. The number of aryl methyl sites for hydroxylation is 1. The van der Waals surface area contributed by atoms with Gasteiger partial charge in [0.2, 0.25) is 15.9 Å². The van der Waals surface area contributed by atoms with Gasteiger partial charge in [-0.2, -0.15) is 4.31 Å². The first-order valence-corrected chi connectivity index (χ1v) is 12.0. The molecule has 1 saturated heterocycles. The number of carbonyl (C=O) groups excluding carboxylic acids is 3. The summed E-state index contributed by atoms with van der Waals surface area (Å²) in [5.41, 5.74) is 1.96. The third kappa shape index (κ3) is 4.91. The summed E-state index contributed by atoms with van der Waals surface area (Å²) >= 11 is 0. The van der Waals surface area contributed by atoms with Crippen molar-refractivity contribution >= 4 is 39.2 Å². The molecule has 33 heavy (non-hydrogen) atoms. The fraction of sp³-hybridized carbons (Fsp3) is 0.348. The summed E-state index contributed by atoms with van der Waals surface area (Å²) in [6.07, 6.45) is 0. The van der Waals surface area contributed by atoms with Crippen LogP contribution >= 0.6 is 0 Å². The van der Waals surface area contributed by atoms with E-state index in [1.54, 1.807) is 32.9 Å². The second-order valence-corrected chi connectivity index (χ2v) is 10.3. The SMILES string of the molecule is Cc1ccc(N2C(=O)N(CC(=O)Nc3ccc(S(=O)(=O)N(C)C(C)C)cc3)C(=O)C2C)cc1. The third-order valence-corrected chi connectivity index (χ3v) is 7.65. The van der Waals surface area contributed by atoms with Gasteiger partial charge >= 0.3 is 6.03 Å². The van der Waals surface area contributed by atoms with E-state index in [0.717, 1.165) is 10.5 Å². The first-order valence-electron chi connectivity index (χ1n) is 10.5. The summed E-state index contributed by atoms with van der Waals surface area (Å²) in [6.45, 7) is 6.64. The lowest BCUT2D eigenvalue weighted by Crippen LogP contribution is -2.39. The van der Waals surface area contributed by atoms with Crippen molar-refractivity contribution in [3.8, 4) is 0 Å². The molecule has 2 aromatic rings. The highest BCUT2D eigenvalue weighted by atomic mass is 32.2. The van der Waals surface area contributed by atoms with Gasteiger partial charge in [-0.05, 0) is 64.1 Å². The van der Waals surface area contributed by atoms with Crippen molar-refractivity contribution in [1.29, 1.82) is 0 Å². The number of benzene rings is 2. The Morgan fingerprint density at radius 1 is 1.06 bits per heavy atom. The Hall–Kier alpha value is -3.24. The van der Waals surface area contributed by atoms with Gasteiger partial charge in [0.1, 0.15) is 12.6 Å². The van der Waals surface area contributed by atoms with Gasteiger partial charge in [0.15, 0.2) is 0 Å². The molecule has 0 aromatic heterocycles. The minimum atomic E-state index is -3.64. The van der Waals surface area contributed by atoms with Gasteiger partial charge in [-0.15, -0.1) is 0 Å². The highest BCUT2D eigenvalue weighted by Gasteiger charge is 2.44. The molecule has 0 saturated carbocycles. The van der Waals surface area contributed by atoms with Gasteiger partial charge in [0, 0.05) is 24.5 Å². The summed E-state index contributed by atoms with van der Waals surface area (Å²) in [4.78, 5) is 40.4. The van der Waals surface area contributed by atoms with Gasteiger partial charge in [0.25, 0.3) is 5.91 Å². The predicted molar refractivity (Wildman–Crippen MR) is 125 cm³/mol. The quantitative estimate of drug-likeness (QED) is 0.624. The smallest absolute Gasteiger partial charge is 0.325 e. The van der Waals surface area contributed by atoms with Crippen molar-refractivity contribution in [2.75, 3.05) is 23.8 Å². The minimum absolute atomic E-state index is 0.101. The maximum absolute atomic E-state index is 12.9. The molecular formula is C23H28N4O5S. The van der Waals surface area contributed by atoms with Crippen molar-refractivity contribution in [2.24, 2.45) is 0 Å². The predicted octanol–water partition coefficient (Wildman–Crippen LogP) is 2.82. The van der Waals surface area contributed by atoms with E-state index in [9.17, 15) is 22.8 Å². The second-order valence-electron chi connectivity index (χ2n) is 8.28. The van der Waals surface area contributed by atoms with E-state index < -0.39 is 40.5 Å². The normalized spacial score (nSPS) is 16.8. The van der Waals surface area contributed by atoms with Crippen LogP contribution in [0.15, 0.2) is 53.4 Å². The average molecular weight is 473 g/mol. The summed E-state index contributed by atoms with van der Waals surface area (Å²) in [5.74, 6) is -1.03. The molecule has 1 aliphatic rings. The molecule has 1 heterocycles. The number of carbonyl (C=O) groups is 3. The molecule has 0 radical (unpaired) electrons. The number of imide groups is 1. The van der Waals surface area contributed by atoms with Crippen molar-refractivity contribution in [2.45, 2.75) is 44.7 Å². The molecule has 0 bridgehead atoms. The Labute approximate surface area is 194 Å². The lowest BCUT2D eigenvalue weighted by Gasteiger charge is -2.21. The lowest BCUT2D eigenvalue weighted by molar-refractivity contribution is -0.130. The fourth-order valence-electron chi connectivity index (χ4n) is 3.41. The van der Waals surface area contributed by atoms with Gasteiger partial charge in [-0.25, -0.2) is 13.2 Å². The van der Waals surface area contributed by atoms with Crippen molar-refractivity contribution < 1.29 is 22.8 Å². The van der Waals surface area contributed by atoms with E-state index in [4.69, 9.17) is 0 Å². The standard InChI is InChI=1S/C23H28N4O5S/c1-15(2)25(5)33(31,32)20-12-8-18(9-13-20)24-21(28)14-26-22(29)17(4)27(23(26)30)19-10-6-16(3)7-11-19/h6-13,15,17H,14H2,1-5H3,(H,24,28). The number of nitrogens with one attached hydrogen (secondary N) is 1. The molecule has 3 rings (SSSR count). The zero-order valence-corrected chi connectivity index (χ0v) is 20.1. The maximum Gasteiger partial charge on any atom is 0.332 e. The van der Waals surface area contributed by atoms with E-state index in [2.05, 4.69) is 5.32 Å². The Bertz CT molecular complexity index is 1160. The topological polar surface area (TPSA) is 107 Å². The van der Waals surface area contributed by atoms with E-state index in [1.165, 1.54) is 40.5 Å². The number of sulfonamides is 1. The summed E-state index contributed by atoms with van der Waals surface area (Å²) in [7, 11) is -2.14. The van der Waals surface area contributed by atoms with Crippen LogP contribution in [0, 0.1) is 6.92 Å². The molecule has 0 aliphatic carbocycles. The summed E-state index contributed by atoms with van der Waals surface area (Å²) in [5, 5.41) is 2.61. The first-order chi connectivity index (χ1) is 15.4. The van der Waals surface area contributed by atoms with E-state index in [1.807, 2.05) is 19.1 Å². The zero-order valence-electron chi connectivity index (χ0n) is 19.3. The Kier molecular flexibility index (Phi) is 6.89. The molecule has 10 heteroatoms. The number of hydrogen-bond acceptors (Lipinski definition) is 5. The summed E-state index contributed by atoms with van der Waals surface area (Å²) in [6, 6.07) is 11.4. The summed E-state index contributed by atoms with van der Waals surface area (Å²) < 4.78 is 26.4. The monoisotopic (exact) mass is 472 g/mol. The average Bonchev–Trinajstić information content (AvgIpc) is 2.97. The first kappa shape index (κ1) is 24.4. The van der Waals surface area contributed by atoms with E-state index in [0.29, 0.717) is 11.4 Å². The van der Waals surface area contributed by atoms with Crippen LogP contribution in [-0.2, 0) is 19.6 Å². The lowest BCUT2D eigenvalue weighted by atomic mass is 10.2. The molecule has 1 unspecified atom stereocenters. The largest absolute Gasteiger partial charge is 0.332 e. The molecule has 9 nitrogen and oxygen atoms in total. The number of amides is 4. The van der Waals surface area contributed by atoms with Gasteiger partial charge in [0.05, 0.1) is 4.90 Å². The molecule has 1 atom stereocenters. The molecule has 176 valence electrons. The molecule has 4 amide bonds. The van der Waals surface area contributed by atoms with Crippen molar-refractivity contribution in [3.05, 3.63) is 54.1 Å². The molecule has 1 fully saturated rings. The van der Waals surface area contributed by atoms with Crippen LogP contribution < -0.4 is 10.2 Å². The van der Waals surface area contributed by atoms with Crippen molar-refractivity contribution in [1.82, 2.24) is 9.21 Å². The van der Waals surface area contributed by atoms with Crippen LogP contribution in [0.3, 0.4) is 0 Å². The highest BCUT2D eigenvalue weighted by Crippen LogP contribution is 2.26. The maximum atomic E-state index is 12.9. The van der Waals surface area contributed by atoms with Crippen LogP contribution in [0.1, 0.15) is 26.3 Å². The third-order valence-electron chi connectivity index (χ3n) is 5.60. The van der Waals surface area contributed by atoms with Crippen molar-refractivity contribution in [3.63, 3.8) is 0 Å². The fourth-order valence-corrected chi connectivity index (χ4v) is 4.78. The number of anilines is 2. The van der Waals surface area contributed by atoms with Crippen LogP contribution in [0.4, 0.5) is 16.2 Å². The number of rotatable bonds is 7. The van der Waals surface area contributed by atoms with Crippen LogP contribution in [-0.4, -0.2) is 61.1 Å². The van der Waals surface area contributed by atoms with E-state index >= 15 is 0 Å². The molecular weight excluding hydrogens is 444 g/mol. The number of nitrogens with zero attached hydrogens (tertiary/aromatic N) is 3. The van der Waals surface area contributed by atoms with Crippen LogP contribution in [0.2, 0.25) is 0 Å². The molecule has 2 aromatic carbocycles. The van der Waals surface area contributed by atoms with Gasteiger partial charge < -0.3 is 5.32 Å². The second kappa shape index (κ2) is 9.32. The minimum Gasteiger partial charge on any atom is -0.325 e. The Morgan fingerprint density at radius 2 is 1.64 bits per heavy atom. The van der Waals surface area contributed by atoms with Crippen LogP contribution in [0.25, 0.3) is 0 Å². The van der Waals surface area contributed by atoms with Gasteiger partial charge in [-0.1, -0.05) is 17.7 Å². The van der Waals surface area contributed by atoms with Gasteiger partial charge in [-0.3, -0.25) is 19.4 Å².